The standard InChI is InChI=1S/C33H31NO6/c35-20-26-30(36)31(37)29(33(39)40-26)34-32(38)25-18-16-24(17-19-25)28(23-14-8-3-9-15-23)27(21-10-4-1-5-11-21)22-12-6-2-7-13-22/h1-19,26,29-31,33,35-37,39H,20H2,(H,34,38). The van der Waals surface area contributed by atoms with Crippen LogP contribution in [-0.2, 0) is 4.74 Å². The van der Waals surface area contributed by atoms with E-state index in [1.165, 1.54) is 0 Å². The first kappa shape index (κ1) is 27.5. The van der Waals surface area contributed by atoms with Gasteiger partial charge in [0.1, 0.15) is 24.4 Å². The number of amides is 1. The second kappa shape index (κ2) is 12.4. The molecule has 0 radical (unpaired) electrons. The molecule has 1 aliphatic heterocycles. The van der Waals surface area contributed by atoms with Gasteiger partial charge in [0.25, 0.3) is 5.91 Å². The highest BCUT2D eigenvalue weighted by atomic mass is 16.6. The van der Waals surface area contributed by atoms with Gasteiger partial charge in [-0.05, 0) is 45.5 Å². The Bertz CT molecular complexity index is 1400. The van der Waals surface area contributed by atoms with Gasteiger partial charge in [-0.15, -0.1) is 0 Å². The molecule has 4 aromatic rings. The fourth-order valence-electron chi connectivity index (χ4n) is 5.00. The van der Waals surface area contributed by atoms with E-state index in [0.717, 1.165) is 33.4 Å². The fraction of sp³-hybridized carbons (Fsp3) is 0.182. The van der Waals surface area contributed by atoms with Gasteiger partial charge in [-0.1, -0.05) is 103 Å². The Hall–Kier alpha value is -4.11. The molecule has 1 aliphatic rings. The van der Waals surface area contributed by atoms with Crippen LogP contribution < -0.4 is 5.32 Å². The smallest absolute Gasteiger partial charge is 0.251 e. The predicted octanol–water partition coefficient (Wildman–Crippen LogP) is 3.22. The molecule has 0 aromatic heterocycles. The van der Waals surface area contributed by atoms with E-state index in [9.17, 15) is 25.2 Å². The molecule has 204 valence electrons. The summed E-state index contributed by atoms with van der Waals surface area (Å²) in [6, 6.07) is 36.2. The Morgan fingerprint density at radius 2 is 1.00 bits per heavy atom. The summed E-state index contributed by atoms with van der Waals surface area (Å²) in [5.41, 5.74) is 6.35. The van der Waals surface area contributed by atoms with Crippen LogP contribution in [0.15, 0.2) is 115 Å². The van der Waals surface area contributed by atoms with E-state index in [1.807, 2.05) is 66.7 Å². The Morgan fingerprint density at radius 3 is 1.43 bits per heavy atom. The number of nitrogens with one attached hydrogen (secondary N) is 1. The number of benzene rings is 4. The quantitative estimate of drug-likeness (QED) is 0.231. The van der Waals surface area contributed by atoms with Crippen molar-refractivity contribution in [2.45, 2.75) is 30.6 Å². The average molecular weight is 538 g/mol. The zero-order chi connectivity index (χ0) is 28.1. The number of rotatable bonds is 7. The molecule has 1 fully saturated rings. The number of hydrogen-bond acceptors (Lipinski definition) is 6. The van der Waals surface area contributed by atoms with E-state index < -0.39 is 43.2 Å². The van der Waals surface area contributed by atoms with E-state index in [4.69, 9.17) is 4.74 Å². The van der Waals surface area contributed by atoms with Crippen LogP contribution in [0.3, 0.4) is 0 Å². The van der Waals surface area contributed by atoms with Crippen LogP contribution >= 0.6 is 0 Å². The van der Waals surface area contributed by atoms with Crippen LogP contribution in [0.5, 0.6) is 0 Å². The molecule has 0 aliphatic carbocycles. The summed E-state index contributed by atoms with van der Waals surface area (Å²) in [5, 5.41) is 42.6. The second-order valence-electron chi connectivity index (χ2n) is 9.65. The molecule has 5 atom stereocenters. The summed E-state index contributed by atoms with van der Waals surface area (Å²) in [6.07, 6.45) is -5.72. The highest BCUT2D eigenvalue weighted by Crippen LogP contribution is 2.36. The first-order valence-corrected chi connectivity index (χ1v) is 13.1. The van der Waals surface area contributed by atoms with Crippen LogP contribution in [0.25, 0.3) is 11.1 Å². The molecule has 5 N–H and O–H groups in total. The fourth-order valence-corrected chi connectivity index (χ4v) is 5.00. The van der Waals surface area contributed by atoms with Gasteiger partial charge >= 0.3 is 0 Å². The van der Waals surface area contributed by atoms with Crippen molar-refractivity contribution in [2.75, 3.05) is 6.61 Å². The molecular formula is C33H31NO6. The van der Waals surface area contributed by atoms with Crippen LogP contribution in [0.1, 0.15) is 32.6 Å². The first-order chi connectivity index (χ1) is 19.5. The Morgan fingerprint density at radius 1 is 0.600 bits per heavy atom. The van der Waals surface area contributed by atoms with E-state index in [-0.39, 0.29) is 0 Å². The monoisotopic (exact) mass is 537 g/mol. The third kappa shape index (κ3) is 5.74. The van der Waals surface area contributed by atoms with Gasteiger partial charge < -0.3 is 30.5 Å². The summed E-state index contributed by atoms with van der Waals surface area (Å²) in [4.78, 5) is 13.1. The highest BCUT2D eigenvalue weighted by molar-refractivity contribution is 6.05. The maximum Gasteiger partial charge on any atom is 0.251 e. The van der Waals surface area contributed by atoms with Crippen molar-refractivity contribution < 1.29 is 30.0 Å². The number of aliphatic hydroxyl groups is 4. The van der Waals surface area contributed by atoms with Crippen LogP contribution in [0, 0.1) is 0 Å². The first-order valence-electron chi connectivity index (χ1n) is 13.1. The zero-order valence-electron chi connectivity index (χ0n) is 21.7. The molecule has 0 bridgehead atoms. The minimum absolute atomic E-state index is 0.301. The predicted molar refractivity (Wildman–Crippen MR) is 152 cm³/mol. The molecule has 7 heteroatoms. The lowest BCUT2D eigenvalue weighted by atomic mass is 9.85. The molecule has 1 amide bonds. The van der Waals surface area contributed by atoms with E-state index >= 15 is 0 Å². The zero-order valence-corrected chi connectivity index (χ0v) is 21.7. The molecule has 7 nitrogen and oxygen atoms in total. The van der Waals surface area contributed by atoms with E-state index in [0.29, 0.717) is 5.56 Å². The maximum absolute atomic E-state index is 13.1. The lowest BCUT2D eigenvalue weighted by molar-refractivity contribution is -0.252. The molecular weight excluding hydrogens is 506 g/mol. The van der Waals surface area contributed by atoms with Crippen LogP contribution in [0.4, 0.5) is 0 Å². The highest BCUT2D eigenvalue weighted by Gasteiger charge is 2.44. The number of aliphatic hydroxyl groups excluding tert-OH is 4. The molecule has 0 spiro atoms. The van der Waals surface area contributed by atoms with Crippen molar-refractivity contribution in [3.05, 3.63) is 143 Å². The topological polar surface area (TPSA) is 119 Å². The lowest BCUT2D eigenvalue weighted by Crippen LogP contribution is -2.64. The summed E-state index contributed by atoms with van der Waals surface area (Å²) >= 11 is 0. The molecule has 5 unspecified atom stereocenters. The molecule has 4 aromatic carbocycles. The summed E-state index contributed by atoms with van der Waals surface area (Å²) in [6.45, 7) is -0.581. The average Bonchev–Trinajstić information content (AvgIpc) is 3.01. The molecule has 0 saturated carbocycles. The van der Waals surface area contributed by atoms with Crippen molar-refractivity contribution in [3.8, 4) is 0 Å². The van der Waals surface area contributed by atoms with Gasteiger partial charge in [0.2, 0.25) is 0 Å². The van der Waals surface area contributed by atoms with Gasteiger partial charge in [-0.3, -0.25) is 4.79 Å². The lowest BCUT2D eigenvalue weighted by Gasteiger charge is -2.40. The largest absolute Gasteiger partial charge is 0.394 e. The van der Waals surface area contributed by atoms with Crippen LogP contribution in [0.2, 0.25) is 0 Å². The van der Waals surface area contributed by atoms with Crippen molar-refractivity contribution in [1.29, 1.82) is 0 Å². The number of hydrogen-bond donors (Lipinski definition) is 5. The van der Waals surface area contributed by atoms with E-state index in [1.54, 1.807) is 12.1 Å². The number of carbonyl (C=O) groups is 1. The Kier molecular flexibility index (Phi) is 8.50. The Labute approximate surface area is 232 Å². The van der Waals surface area contributed by atoms with Crippen molar-refractivity contribution in [3.63, 3.8) is 0 Å². The molecule has 1 saturated heterocycles. The summed E-state index contributed by atoms with van der Waals surface area (Å²) in [7, 11) is 0. The minimum Gasteiger partial charge on any atom is -0.394 e. The summed E-state index contributed by atoms with van der Waals surface area (Å²) in [5.74, 6) is -0.551. The third-order valence-electron chi connectivity index (χ3n) is 7.07. The molecule has 40 heavy (non-hydrogen) atoms. The number of ether oxygens (including phenoxy) is 1. The number of carbonyl (C=O) groups excluding carboxylic acids is 1. The van der Waals surface area contributed by atoms with E-state index in [2.05, 4.69) is 41.7 Å². The maximum atomic E-state index is 13.1. The van der Waals surface area contributed by atoms with Gasteiger partial charge in [0.05, 0.1) is 6.61 Å². The normalized spacial score (nSPS) is 22.4. The SMILES string of the molecule is O=C(NC1C(O)OC(CO)C(O)C1O)c1ccc(C(=C(c2ccccc2)c2ccccc2)c2ccccc2)cc1. The molecule has 5 rings (SSSR count). The van der Waals surface area contributed by atoms with Crippen molar-refractivity contribution >= 4 is 17.1 Å². The van der Waals surface area contributed by atoms with Gasteiger partial charge in [0.15, 0.2) is 6.29 Å². The summed E-state index contributed by atoms with van der Waals surface area (Å²) < 4.78 is 5.15. The van der Waals surface area contributed by atoms with Crippen molar-refractivity contribution in [2.24, 2.45) is 0 Å². The van der Waals surface area contributed by atoms with Crippen LogP contribution in [-0.4, -0.2) is 63.6 Å². The van der Waals surface area contributed by atoms with Gasteiger partial charge in [-0.2, -0.15) is 0 Å². The minimum atomic E-state index is -1.59. The van der Waals surface area contributed by atoms with Crippen molar-refractivity contribution in [1.82, 2.24) is 5.32 Å². The van der Waals surface area contributed by atoms with Gasteiger partial charge in [0, 0.05) is 5.56 Å². The second-order valence-corrected chi connectivity index (χ2v) is 9.65. The third-order valence-corrected chi connectivity index (χ3v) is 7.07. The Balaban J connectivity index is 1.52. The van der Waals surface area contributed by atoms with Gasteiger partial charge in [-0.25, -0.2) is 0 Å². The molecule has 1 heterocycles.